The first-order chi connectivity index (χ1) is 4.81. The molecule has 0 atom stereocenters. The molecule has 0 rings (SSSR count). The molecule has 0 aliphatic carbocycles. The Morgan fingerprint density at radius 3 is 2.20 bits per heavy atom. The average molecular weight is 140 g/mol. The minimum absolute atomic E-state index is 1.02. The molecule has 0 radical (unpaired) electrons. The second-order valence-corrected chi connectivity index (χ2v) is 1.44. The molecule has 10 heavy (non-hydrogen) atoms. The van der Waals surface area contributed by atoms with Gasteiger partial charge in [-0.3, -0.25) is 9.98 Å². The second-order valence-electron chi connectivity index (χ2n) is 1.44. The van der Waals surface area contributed by atoms with Gasteiger partial charge in [0.15, 0.2) is 0 Å². The highest BCUT2D eigenvalue weighted by Gasteiger charge is 1.74. The summed E-state index contributed by atoms with van der Waals surface area (Å²) >= 11 is 0. The third-order valence-corrected chi connectivity index (χ3v) is 0.628. The van der Waals surface area contributed by atoms with E-state index in [4.69, 9.17) is 0 Å². The lowest BCUT2D eigenvalue weighted by atomic mass is 10.4. The van der Waals surface area contributed by atoms with Gasteiger partial charge in [-0.1, -0.05) is 13.8 Å². The number of rotatable bonds is 2. The molecule has 0 fully saturated rings. The van der Waals surface area contributed by atoms with Gasteiger partial charge in [0.2, 0.25) is 0 Å². The smallest absolute Gasteiger partial charge is 0.0304 e. The van der Waals surface area contributed by atoms with Gasteiger partial charge in [0, 0.05) is 19.5 Å². The Hall–Kier alpha value is -0.920. The van der Waals surface area contributed by atoms with E-state index in [1.54, 1.807) is 19.5 Å². The predicted molar refractivity (Wildman–Crippen MR) is 49.1 cm³/mol. The van der Waals surface area contributed by atoms with Crippen LogP contribution in [-0.2, 0) is 0 Å². The minimum atomic E-state index is 1.02. The van der Waals surface area contributed by atoms with Gasteiger partial charge in [0.05, 0.1) is 0 Å². The van der Waals surface area contributed by atoms with Crippen molar-refractivity contribution in [2.75, 3.05) is 7.05 Å². The Bertz CT molecular complexity index is 123. The molecule has 0 aromatic heterocycles. The van der Waals surface area contributed by atoms with E-state index < -0.39 is 0 Å². The number of allylic oxidation sites excluding steroid dienone is 1. The fourth-order valence-electron chi connectivity index (χ4n) is 0.381. The van der Waals surface area contributed by atoms with Crippen LogP contribution < -0.4 is 0 Å². The van der Waals surface area contributed by atoms with Crippen molar-refractivity contribution in [1.29, 1.82) is 0 Å². The normalized spacial score (nSPS) is 10.6. The third-order valence-electron chi connectivity index (χ3n) is 0.628. The van der Waals surface area contributed by atoms with E-state index in [0.717, 1.165) is 5.57 Å². The molecule has 0 aromatic carbocycles. The van der Waals surface area contributed by atoms with Gasteiger partial charge in [-0.2, -0.15) is 0 Å². The molecule has 0 unspecified atom stereocenters. The monoisotopic (exact) mass is 140 g/mol. The van der Waals surface area contributed by atoms with Crippen molar-refractivity contribution < 1.29 is 0 Å². The van der Waals surface area contributed by atoms with Gasteiger partial charge >= 0.3 is 0 Å². The van der Waals surface area contributed by atoms with Crippen molar-refractivity contribution in [2.45, 2.75) is 20.8 Å². The number of hydrogen-bond acceptors (Lipinski definition) is 2. The van der Waals surface area contributed by atoms with E-state index in [9.17, 15) is 0 Å². The molecule has 0 spiro atoms. The van der Waals surface area contributed by atoms with Gasteiger partial charge in [0.25, 0.3) is 0 Å². The highest BCUT2D eigenvalue weighted by atomic mass is 14.7. The zero-order chi connectivity index (χ0) is 8.41. The maximum atomic E-state index is 3.77. The topological polar surface area (TPSA) is 24.7 Å². The van der Waals surface area contributed by atoms with Crippen LogP contribution >= 0.6 is 0 Å². The maximum Gasteiger partial charge on any atom is 0.0304 e. The van der Waals surface area contributed by atoms with E-state index >= 15 is 0 Å². The molecule has 58 valence electrons. The Morgan fingerprint density at radius 1 is 1.40 bits per heavy atom. The largest absolute Gasteiger partial charge is 0.296 e. The number of aliphatic imine (C=N–C) groups is 2. The summed E-state index contributed by atoms with van der Waals surface area (Å²) in [6, 6.07) is 0. The van der Waals surface area contributed by atoms with Crippen molar-refractivity contribution >= 4 is 12.9 Å². The highest BCUT2D eigenvalue weighted by Crippen LogP contribution is 1.85. The number of nitrogens with zero attached hydrogens (tertiary/aromatic N) is 2. The van der Waals surface area contributed by atoms with E-state index in [2.05, 4.69) is 16.7 Å². The molecule has 0 saturated heterocycles. The standard InChI is InChI=1S/C6H10N2.C2H6/c1-6(4-7-2)5-8-3;1-2/h4-5H,2H2,1,3H3;1-2H3/b6-4-,8-5?;. The second kappa shape index (κ2) is 11.0. The van der Waals surface area contributed by atoms with E-state index in [-0.39, 0.29) is 0 Å². The first-order valence-electron chi connectivity index (χ1n) is 3.36. The molecule has 0 heterocycles. The fraction of sp³-hybridized carbons (Fsp3) is 0.500. The molecule has 0 aliphatic heterocycles. The van der Waals surface area contributed by atoms with Crippen LogP contribution in [0.5, 0.6) is 0 Å². The fourth-order valence-corrected chi connectivity index (χ4v) is 0.381. The summed E-state index contributed by atoms with van der Waals surface area (Å²) in [7, 11) is 1.72. The summed E-state index contributed by atoms with van der Waals surface area (Å²) in [5.41, 5.74) is 1.02. The molecule has 0 saturated carbocycles. The molecule has 0 amide bonds. The lowest BCUT2D eigenvalue weighted by Gasteiger charge is -1.81. The van der Waals surface area contributed by atoms with Gasteiger partial charge in [-0.25, -0.2) is 0 Å². The van der Waals surface area contributed by atoms with Crippen molar-refractivity contribution in [3.63, 3.8) is 0 Å². The Balaban J connectivity index is 0. The zero-order valence-electron chi connectivity index (χ0n) is 7.26. The van der Waals surface area contributed by atoms with Crippen LogP contribution in [0.25, 0.3) is 0 Å². The molecule has 0 N–H and O–H groups in total. The summed E-state index contributed by atoms with van der Waals surface area (Å²) in [6.45, 7) is 9.21. The summed E-state index contributed by atoms with van der Waals surface area (Å²) in [4.78, 5) is 7.32. The van der Waals surface area contributed by atoms with Crippen molar-refractivity contribution in [2.24, 2.45) is 9.98 Å². The van der Waals surface area contributed by atoms with Crippen LogP contribution in [0.4, 0.5) is 0 Å². The lowest BCUT2D eigenvalue weighted by molar-refractivity contribution is 1.42. The average Bonchev–Trinajstić information content (AvgIpc) is 1.93. The van der Waals surface area contributed by atoms with Crippen molar-refractivity contribution in [3.8, 4) is 0 Å². The molecule has 0 aromatic rings. The Morgan fingerprint density at radius 2 is 1.90 bits per heavy atom. The van der Waals surface area contributed by atoms with Crippen molar-refractivity contribution in [1.82, 2.24) is 0 Å². The van der Waals surface area contributed by atoms with Crippen LogP contribution in [0.15, 0.2) is 21.8 Å². The number of hydrogen-bond donors (Lipinski definition) is 0. The summed E-state index contributed by atoms with van der Waals surface area (Å²) < 4.78 is 0. The minimum Gasteiger partial charge on any atom is -0.296 e. The molecule has 2 heteroatoms. The van der Waals surface area contributed by atoms with Gasteiger partial charge in [-0.15, -0.1) is 0 Å². The van der Waals surface area contributed by atoms with E-state index in [0.29, 0.717) is 0 Å². The van der Waals surface area contributed by atoms with Crippen molar-refractivity contribution in [3.05, 3.63) is 11.8 Å². The highest BCUT2D eigenvalue weighted by molar-refractivity contribution is 5.77. The molecule has 2 nitrogen and oxygen atoms in total. The van der Waals surface area contributed by atoms with Gasteiger partial charge in [0.1, 0.15) is 0 Å². The molecular formula is C8H16N2. The van der Waals surface area contributed by atoms with Crippen LogP contribution in [0.2, 0.25) is 0 Å². The third kappa shape index (κ3) is 10.1. The van der Waals surface area contributed by atoms with Gasteiger partial charge in [-0.05, 0) is 19.2 Å². The first-order valence-corrected chi connectivity index (χ1v) is 3.36. The quantitative estimate of drug-likeness (QED) is 0.526. The van der Waals surface area contributed by atoms with Crippen LogP contribution in [0.1, 0.15) is 20.8 Å². The first kappa shape index (κ1) is 11.8. The van der Waals surface area contributed by atoms with E-state index in [1.807, 2.05) is 20.8 Å². The SMILES string of the molecule is C=N/C=C(/C)C=NC.CC. The van der Waals surface area contributed by atoms with Crippen LogP contribution in [0.3, 0.4) is 0 Å². The summed E-state index contributed by atoms with van der Waals surface area (Å²) in [6.07, 6.45) is 3.39. The van der Waals surface area contributed by atoms with Gasteiger partial charge < -0.3 is 0 Å². The molecule has 0 bridgehead atoms. The Labute approximate surface area is 63.4 Å². The van der Waals surface area contributed by atoms with Crippen LogP contribution in [-0.4, -0.2) is 20.0 Å². The van der Waals surface area contributed by atoms with Crippen LogP contribution in [0, 0.1) is 0 Å². The molecule has 0 aliphatic rings. The zero-order valence-corrected chi connectivity index (χ0v) is 7.26. The summed E-state index contributed by atoms with van der Waals surface area (Å²) in [5.74, 6) is 0. The Kier molecular flexibility index (Phi) is 13.0. The van der Waals surface area contributed by atoms with E-state index in [1.165, 1.54) is 0 Å². The summed E-state index contributed by atoms with van der Waals surface area (Å²) in [5, 5.41) is 0. The molecular weight excluding hydrogens is 124 g/mol. The maximum absolute atomic E-state index is 3.77. The predicted octanol–water partition coefficient (Wildman–Crippen LogP) is 2.32. The lowest BCUT2D eigenvalue weighted by Crippen LogP contribution is -1.73.